The first-order valence-corrected chi connectivity index (χ1v) is 4.95. The zero-order chi connectivity index (χ0) is 10.8. The Hall–Kier alpha value is -0.890. The van der Waals surface area contributed by atoms with Gasteiger partial charge in [-0.3, -0.25) is 0 Å². The fourth-order valence-corrected chi connectivity index (χ4v) is 1.68. The highest BCUT2D eigenvalue weighted by Crippen LogP contribution is 2.21. The summed E-state index contributed by atoms with van der Waals surface area (Å²) in [6, 6.07) is 7.12. The van der Waals surface area contributed by atoms with Crippen LogP contribution in [-0.2, 0) is 5.54 Å². The molecule has 0 heterocycles. The van der Waals surface area contributed by atoms with Crippen molar-refractivity contribution in [3.63, 3.8) is 0 Å². The molecule has 0 amide bonds. The number of rotatable bonds is 3. The van der Waals surface area contributed by atoms with Gasteiger partial charge in [-0.25, -0.2) is 4.39 Å². The minimum absolute atomic E-state index is 0.180. The summed E-state index contributed by atoms with van der Waals surface area (Å²) in [5, 5.41) is 3.40. The first-order valence-electron chi connectivity index (χ1n) is 4.95. The maximum Gasteiger partial charge on any atom is 0.123 e. The second-order valence-corrected chi connectivity index (χ2v) is 4.43. The summed E-state index contributed by atoms with van der Waals surface area (Å²) in [7, 11) is 0. The monoisotopic (exact) mass is 195 g/mol. The third-order valence-electron chi connectivity index (χ3n) is 2.20. The zero-order valence-electron chi connectivity index (χ0n) is 9.26. The summed E-state index contributed by atoms with van der Waals surface area (Å²) < 4.78 is 13.0. The number of nitrogens with one attached hydrogen (secondary N) is 1. The summed E-state index contributed by atoms with van der Waals surface area (Å²) in [6.45, 7) is 8.28. The molecule has 14 heavy (non-hydrogen) atoms. The van der Waals surface area contributed by atoms with Crippen molar-refractivity contribution in [1.29, 1.82) is 0 Å². The van der Waals surface area contributed by atoms with Crippen LogP contribution in [0.3, 0.4) is 0 Å². The van der Waals surface area contributed by atoms with Crippen molar-refractivity contribution in [1.82, 2.24) is 5.32 Å². The van der Waals surface area contributed by atoms with Crippen molar-refractivity contribution in [2.75, 3.05) is 0 Å². The molecule has 0 unspecified atom stereocenters. The van der Waals surface area contributed by atoms with Crippen LogP contribution in [-0.4, -0.2) is 6.04 Å². The molecule has 0 aliphatic carbocycles. The Morgan fingerprint density at radius 1 is 1.29 bits per heavy atom. The smallest absolute Gasteiger partial charge is 0.123 e. The highest BCUT2D eigenvalue weighted by molar-refractivity contribution is 5.23. The van der Waals surface area contributed by atoms with Crippen molar-refractivity contribution < 1.29 is 4.39 Å². The average Bonchev–Trinajstić information content (AvgIpc) is 2.01. The van der Waals surface area contributed by atoms with Gasteiger partial charge in [0.1, 0.15) is 5.82 Å². The van der Waals surface area contributed by atoms with Crippen LogP contribution in [0.4, 0.5) is 4.39 Å². The fraction of sp³-hybridized carbons (Fsp3) is 0.500. The third-order valence-corrected chi connectivity index (χ3v) is 2.20. The second-order valence-electron chi connectivity index (χ2n) is 4.43. The van der Waals surface area contributed by atoms with Gasteiger partial charge in [-0.05, 0) is 31.5 Å². The molecule has 0 saturated carbocycles. The number of halogens is 1. The van der Waals surface area contributed by atoms with Crippen LogP contribution in [0.1, 0.15) is 33.3 Å². The Morgan fingerprint density at radius 3 is 2.43 bits per heavy atom. The van der Waals surface area contributed by atoms with Crippen LogP contribution in [0, 0.1) is 5.82 Å². The molecule has 1 N–H and O–H groups in total. The van der Waals surface area contributed by atoms with Crippen LogP contribution >= 0.6 is 0 Å². The van der Waals surface area contributed by atoms with Crippen molar-refractivity contribution in [3.8, 4) is 0 Å². The molecule has 1 nitrogen and oxygen atoms in total. The van der Waals surface area contributed by atoms with Gasteiger partial charge in [0, 0.05) is 11.6 Å². The fourth-order valence-electron chi connectivity index (χ4n) is 1.68. The molecule has 0 fully saturated rings. The molecular formula is C12H18FN. The van der Waals surface area contributed by atoms with E-state index in [0.29, 0.717) is 6.04 Å². The van der Waals surface area contributed by atoms with Crippen molar-refractivity contribution in [2.45, 2.75) is 39.3 Å². The Bertz CT molecular complexity index is 305. The Morgan fingerprint density at radius 2 is 1.93 bits per heavy atom. The molecule has 0 spiro atoms. The maximum absolute atomic E-state index is 13.0. The summed E-state index contributed by atoms with van der Waals surface area (Å²) in [5.74, 6) is -0.180. The second kappa shape index (κ2) is 4.09. The minimum Gasteiger partial charge on any atom is -0.306 e. The normalized spacial score (nSPS) is 12.1. The quantitative estimate of drug-likeness (QED) is 0.781. The molecule has 1 aromatic carbocycles. The lowest BCUT2D eigenvalue weighted by Gasteiger charge is -2.29. The van der Waals surface area contributed by atoms with E-state index >= 15 is 0 Å². The molecule has 0 bridgehead atoms. The highest BCUT2D eigenvalue weighted by Gasteiger charge is 2.20. The molecule has 2 heteroatoms. The molecule has 0 aliphatic rings. The van der Waals surface area contributed by atoms with E-state index in [0.717, 1.165) is 5.56 Å². The van der Waals surface area contributed by atoms with Crippen LogP contribution < -0.4 is 5.32 Å². The predicted octanol–water partition coefficient (Wildman–Crippen LogP) is 3.06. The van der Waals surface area contributed by atoms with E-state index in [1.54, 1.807) is 12.1 Å². The molecular weight excluding hydrogens is 177 g/mol. The predicted molar refractivity (Wildman–Crippen MR) is 57.7 cm³/mol. The summed E-state index contributed by atoms with van der Waals surface area (Å²) in [6.07, 6.45) is 0. The highest BCUT2D eigenvalue weighted by atomic mass is 19.1. The Balaban J connectivity index is 2.91. The van der Waals surface area contributed by atoms with E-state index < -0.39 is 0 Å². The topological polar surface area (TPSA) is 12.0 Å². The van der Waals surface area contributed by atoms with Crippen LogP contribution in [0.15, 0.2) is 24.3 Å². The van der Waals surface area contributed by atoms with Gasteiger partial charge in [0.25, 0.3) is 0 Å². The summed E-state index contributed by atoms with van der Waals surface area (Å²) >= 11 is 0. The molecule has 0 atom stereocenters. The van der Waals surface area contributed by atoms with E-state index in [2.05, 4.69) is 33.0 Å². The van der Waals surface area contributed by atoms with Crippen LogP contribution in [0.2, 0.25) is 0 Å². The molecule has 1 aromatic rings. The van der Waals surface area contributed by atoms with Crippen molar-refractivity contribution in [2.24, 2.45) is 0 Å². The molecule has 0 aromatic heterocycles. The van der Waals surface area contributed by atoms with E-state index in [-0.39, 0.29) is 11.4 Å². The van der Waals surface area contributed by atoms with E-state index in [1.165, 1.54) is 6.07 Å². The van der Waals surface area contributed by atoms with Crippen LogP contribution in [0.5, 0.6) is 0 Å². The SMILES string of the molecule is CC(C)NC(C)(C)c1cccc(F)c1. The number of benzene rings is 1. The van der Waals surface area contributed by atoms with Gasteiger partial charge in [0.05, 0.1) is 0 Å². The van der Waals surface area contributed by atoms with E-state index in [9.17, 15) is 4.39 Å². The Kier molecular flexibility index (Phi) is 3.27. The van der Waals surface area contributed by atoms with Gasteiger partial charge in [0.2, 0.25) is 0 Å². The van der Waals surface area contributed by atoms with Crippen LogP contribution in [0.25, 0.3) is 0 Å². The van der Waals surface area contributed by atoms with Crippen molar-refractivity contribution in [3.05, 3.63) is 35.6 Å². The first-order chi connectivity index (χ1) is 6.42. The first kappa shape index (κ1) is 11.2. The van der Waals surface area contributed by atoms with E-state index in [1.807, 2.05) is 6.07 Å². The van der Waals surface area contributed by atoms with E-state index in [4.69, 9.17) is 0 Å². The standard InChI is InChI=1S/C12H18FN/c1-9(2)14-12(3,4)10-6-5-7-11(13)8-10/h5-9,14H,1-4H3. The molecule has 0 radical (unpaired) electrons. The van der Waals surface area contributed by atoms with Gasteiger partial charge < -0.3 is 5.32 Å². The average molecular weight is 195 g/mol. The summed E-state index contributed by atoms with van der Waals surface area (Å²) in [4.78, 5) is 0. The number of hydrogen-bond acceptors (Lipinski definition) is 1. The molecule has 78 valence electrons. The lowest BCUT2D eigenvalue weighted by molar-refractivity contribution is 0.364. The molecule has 0 saturated heterocycles. The largest absolute Gasteiger partial charge is 0.306 e. The molecule has 0 aliphatic heterocycles. The Labute approximate surface area is 85.3 Å². The molecule has 1 rings (SSSR count). The minimum atomic E-state index is -0.184. The lowest BCUT2D eigenvalue weighted by Crippen LogP contribution is -2.41. The number of hydrogen-bond donors (Lipinski definition) is 1. The van der Waals surface area contributed by atoms with Gasteiger partial charge >= 0.3 is 0 Å². The van der Waals surface area contributed by atoms with Gasteiger partial charge in [-0.15, -0.1) is 0 Å². The van der Waals surface area contributed by atoms with Gasteiger partial charge in [-0.2, -0.15) is 0 Å². The lowest BCUT2D eigenvalue weighted by atomic mass is 9.93. The summed E-state index contributed by atoms with van der Waals surface area (Å²) in [5.41, 5.74) is 0.794. The third kappa shape index (κ3) is 2.81. The van der Waals surface area contributed by atoms with Gasteiger partial charge in [-0.1, -0.05) is 26.0 Å². The van der Waals surface area contributed by atoms with Crippen molar-refractivity contribution >= 4 is 0 Å². The van der Waals surface area contributed by atoms with Gasteiger partial charge in [0.15, 0.2) is 0 Å². The maximum atomic E-state index is 13.0. The zero-order valence-corrected chi connectivity index (χ0v) is 9.26.